The van der Waals surface area contributed by atoms with Gasteiger partial charge in [-0.1, -0.05) is 194 Å². The van der Waals surface area contributed by atoms with E-state index in [0.717, 1.165) is 25.8 Å². The Balaban J connectivity index is 3.64. The van der Waals surface area contributed by atoms with E-state index in [1.54, 1.807) is 0 Å². The molecule has 0 aliphatic heterocycles. The Morgan fingerprint density at radius 3 is 1.12 bits per heavy atom. The van der Waals surface area contributed by atoms with E-state index < -0.39 is 0 Å². The van der Waals surface area contributed by atoms with Gasteiger partial charge in [-0.05, 0) is 19.4 Å². The Hall–Kier alpha value is -0.900. The fraction of sp³-hybridized carbons (Fsp3) is 0.949. The Bertz CT molecular complexity index is 580. The standard InChI is InChI=1S/C39H78N2O2/c1-4-7-9-11-13-15-17-18-19-20-21-22-23-24-25-26-28-30-32-34-39(43)41-38(36-37(42)6-3)40-35-33-31-29-27-16-14-12-10-8-5-2/h38,40H,4-36H2,1-3H3,(H,41,43). The Morgan fingerprint density at radius 1 is 0.442 bits per heavy atom. The van der Waals surface area contributed by atoms with Crippen LogP contribution in [0.4, 0.5) is 0 Å². The van der Waals surface area contributed by atoms with Crippen LogP contribution >= 0.6 is 0 Å². The molecule has 0 saturated heterocycles. The summed E-state index contributed by atoms with van der Waals surface area (Å²) < 4.78 is 0. The zero-order valence-electron chi connectivity index (χ0n) is 29.7. The maximum atomic E-state index is 12.5. The molecule has 1 atom stereocenters. The summed E-state index contributed by atoms with van der Waals surface area (Å²) in [6.45, 7) is 7.34. The zero-order valence-corrected chi connectivity index (χ0v) is 29.7. The van der Waals surface area contributed by atoms with Crippen molar-refractivity contribution < 1.29 is 9.59 Å². The van der Waals surface area contributed by atoms with E-state index in [0.29, 0.717) is 19.3 Å². The van der Waals surface area contributed by atoms with Gasteiger partial charge in [-0.3, -0.25) is 14.9 Å². The third kappa shape index (κ3) is 33.8. The lowest BCUT2D eigenvalue weighted by molar-refractivity contribution is -0.123. The van der Waals surface area contributed by atoms with Gasteiger partial charge < -0.3 is 5.32 Å². The molecule has 0 spiro atoms. The lowest BCUT2D eigenvalue weighted by Crippen LogP contribution is -2.46. The average Bonchev–Trinajstić information content (AvgIpc) is 3.00. The summed E-state index contributed by atoms with van der Waals surface area (Å²) in [5, 5.41) is 6.56. The monoisotopic (exact) mass is 607 g/mol. The second-order valence-electron chi connectivity index (χ2n) is 13.5. The third-order valence-electron chi connectivity index (χ3n) is 9.09. The van der Waals surface area contributed by atoms with Gasteiger partial charge >= 0.3 is 0 Å². The molecule has 43 heavy (non-hydrogen) atoms. The molecule has 256 valence electrons. The Morgan fingerprint density at radius 2 is 0.767 bits per heavy atom. The van der Waals surface area contributed by atoms with Crippen molar-refractivity contribution in [3.8, 4) is 0 Å². The molecule has 0 aliphatic carbocycles. The summed E-state index contributed by atoms with van der Waals surface area (Å²) in [6.07, 6.45) is 40.4. The van der Waals surface area contributed by atoms with Gasteiger partial charge in [0.2, 0.25) is 5.91 Å². The van der Waals surface area contributed by atoms with Gasteiger partial charge in [-0.15, -0.1) is 0 Å². The molecule has 0 aromatic rings. The van der Waals surface area contributed by atoms with Gasteiger partial charge in [0.25, 0.3) is 0 Å². The first-order valence-electron chi connectivity index (χ1n) is 19.7. The van der Waals surface area contributed by atoms with Gasteiger partial charge in [-0.25, -0.2) is 0 Å². The molecule has 1 unspecified atom stereocenters. The molecule has 0 heterocycles. The number of ketones is 1. The fourth-order valence-corrected chi connectivity index (χ4v) is 6.07. The minimum absolute atomic E-state index is 0.0939. The average molecular weight is 607 g/mol. The maximum absolute atomic E-state index is 12.5. The van der Waals surface area contributed by atoms with Crippen molar-refractivity contribution >= 4 is 11.7 Å². The number of rotatable bonds is 36. The van der Waals surface area contributed by atoms with E-state index in [9.17, 15) is 9.59 Å². The van der Waals surface area contributed by atoms with E-state index in [-0.39, 0.29) is 17.9 Å². The fourth-order valence-electron chi connectivity index (χ4n) is 6.07. The summed E-state index contributed by atoms with van der Waals surface area (Å²) in [4.78, 5) is 24.6. The summed E-state index contributed by atoms with van der Waals surface area (Å²) in [5.41, 5.74) is 0. The minimum atomic E-state index is -0.209. The van der Waals surface area contributed by atoms with Crippen LogP contribution < -0.4 is 10.6 Å². The first-order chi connectivity index (χ1) is 21.1. The van der Waals surface area contributed by atoms with E-state index in [1.807, 2.05) is 6.92 Å². The van der Waals surface area contributed by atoms with Crippen LogP contribution in [0.5, 0.6) is 0 Å². The third-order valence-corrected chi connectivity index (χ3v) is 9.09. The van der Waals surface area contributed by atoms with Crippen LogP contribution in [0.2, 0.25) is 0 Å². The Labute approximate surface area is 270 Å². The van der Waals surface area contributed by atoms with Crippen LogP contribution in [0.1, 0.15) is 226 Å². The largest absolute Gasteiger partial charge is 0.340 e. The van der Waals surface area contributed by atoms with Crippen molar-refractivity contribution in [3.05, 3.63) is 0 Å². The summed E-state index contributed by atoms with van der Waals surface area (Å²) >= 11 is 0. The van der Waals surface area contributed by atoms with E-state index in [4.69, 9.17) is 0 Å². The lowest BCUT2D eigenvalue weighted by Gasteiger charge is -2.20. The number of carbonyl (C=O) groups excluding carboxylic acids is 2. The number of amides is 1. The summed E-state index contributed by atoms with van der Waals surface area (Å²) in [5.74, 6) is 0.306. The van der Waals surface area contributed by atoms with Crippen LogP contribution in [0, 0.1) is 0 Å². The number of hydrogen-bond donors (Lipinski definition) is 2. The molecular formula is C39H78N2O2. The molecule has 0 aromatic heterocycles. The Kier molecular flexibility index (Phi) is 34.8. The van der Waals surface area contributed by atoms with Crippen LogP contribution in [0.15, 0.2) is 0 Å². The van der Waals surface area contributed by atoms with E-state index in [1.165, 1.54) is 167 Å². The molecule has 0 radical (unpaired) electrons. The topological polar surface area (TPSA) is 58.2 Å². The number of carbonyl (C=O) groups is 2. The van der Waals surface area contributed by atoms with Crippen LogP contribution in [0.25, 0.3) is 0 Å². The number of unbranched alkanes of at least 4 members (excludes halogenated alkanes) is 27. The van der Waals surface area contributed by atoms with Crippen LogP contribution in [-0.2, 0) is 9.59 Å². The van der Waals surface area contributed by atoms with Gasteiger partial charge in [0, 0.05) is 19.3 Å². The van der Waals surface area contributed by atoms with Gasteiger partial charge in [-0.2, -0.15) is 0 Å². The lowest BCUT2D eigenvalue weighted by atomic mass is 10.0. The molecule has 0 bridgehead atoms. The van der Waals surface area contributed by atoms with Crippen molar-refractivity contribution in [2.75, 3.05) is 6.54 Å². The highest BCUT2D eigenvalue weighted by atomic mass is 16.2. The van der Waals surface area contributed by atoms with E-state index >= 15 is 0 Å². The molecule has 0 fully saturated rings. The summed E-state index contributed by atoms with van der Waals surface area (Å²) in [7, 11) is 0. The number of Topliss-reactive ketones (excluding diaryl/α,β-unsaturated/α-hetero) is 1. The number of hydrogen-bond acceptors (Lipinski definition) is 3. The van der Waals surface area contributed by atoms with Gasteiger partial charge in [0.15, 0.2) is 0 Å². The molecule has 2 N–H and O–H groups in total. The molecule has 0 saturated carbocycles. The van der Waals surface area contributed by atoms with Crippen molar-refractivity contribution in [2.45, 2.75) is 232 Å². The van der Waals surface area contributed by atoms with Crippen molar-refractivity contribution in [2.24, 2.45) is 0 Å². The van der Waals surface area contributed by atoms with Crippen molar-refractivity contribution in [1.82, 2.24) is 10.6 Å². The quantitative estimate of drug-likeness (QED) is 0.0551. The smallest absolute Gasteiger partial charge is 0.221 e. The number of nitrogens with one attached hydrogen (secondary N) is 2. The highest BCUT2D eigenvalue weighted by molar-refractivity contribution is 5.80. The second kappa shape index (κ2) is 35.6. The van der Waals surface area contributed by atoms with Crippen LogP contribution in [-0.4, -0.2) is 24.4 Å². The highest BCUT2D eigenvalue weighted by Gasteiger charge is 2.14. The molecule has 0 aliphatic rings. The van der Waals surface area contributed by atoms with E-state index in [2.05, 4.69) is 24.5 Å². The molecule has 0 rings (SSSR count). The van der Waals surface area contributed by atoms with Crippen molar-refractivity contribution in [3.63, 3.8) is 0 Å². The zero-order chi connectivity index (χ0) is 31.5. The first kappa shape index (κ1) is 42.1. The van der Waals surface area contributed by atoms with Crippen molar-refractivity contribution in [1.29, 1.82) is 0 Å². The normalized spacial score (nSPS) is 12.1. The summed E-state index contributed by atoms with van der Waals surface area (Å²) in [6, 6.07) is 0. The van der Waals surface area contributed by atoms with Gasteiger partial charge in [0.1, 0.15) is 5.78 Å². The second-order valence-corrected chi connectivity index (χ2v) is 13.5. The molecule has 4 heteroatoms. The molecule has 4 nitrogen and oxygen atoms in total. The predicted molar refractivity (Wildman–Crippen MR) is 190 cm³/mol. The maximum Gasteiger partial charge on any atom is 0.221 e. The molecule has 0 aromatic carbocycles. The molecular weight excluding hydrogens is 528 g/mol. The van der Waals surface area contributed by atoms with Crippen LogP contribution in [0.3, 0.4) is 0 Å². The van der Waals surface area contributed by atoms with Gasteiger partial charge in [0.05, 0.1) is 6.17 Å². The SMILES string of the molecule is CCCCCCCCCCCCCCCCCCCCCC(=O)NC(CC(=O)CC)NCCCCCCCCCCCC. The highest BCUT2D eigenvalue weighted by Crippen LogP contribution is 2.15. The predicted octanol–water partition coefficient (Wildman–Crippen LogP) is 12.1. The first-order valence-corrected chi connectivity index (χ1v) is 19.7. The molecule has 1 amide bonds. The minimum Gasteiger partial charge on any atom is -0.340 e.